The largest absolute Gasteiger partial charge is 0.316 e. The molecule has 0 bridgehead atoms. The minimum Gasteiger partial charge on any atom is -0.316 e. The van der Waals surface area contributed by atoms with Crippen LogP contribution >= 0.6 is 0 Å². The van der Waals surface area contributed by atoms with Gasteiger partial charge in [0.05, 0.1) is 4.90 Å². The van der Waals surface area contributed by atoms with Crippen LogP contribution in [0.4, 0.5) is 0 Å². The fourth-order valence-corrected chi connectivity index (χ4v) is 4.66. The van der Waals surface area contributed by atoms with Crippen molar-refractivity contribution in [2.45, 2.75) is 63.4 Å². The topological polar surface area (TPSA) is 58.2 Å². The van der Waals surface area contributed by atoms with E-state index in [1.807, 2.05) is 27.0 Å². The molecule has 1 aromatic carbocycles. The number of benzene rings is 1. The lowest BCUT2D eigenvalue weighted by molar-refractivity contribution is 0.412. The highest BCUT2D eigenvalue weighted by atomic mass is 32.2. The van der Waals surface area contributed by atoms with E-state index in [9.17, 15) is 8.42 Å². The van der Waals surface area contributed by atoms with Gasteiger partial charge < -0.3 is 5.32 Å². The lowest BCUT2D eigenvalue weighted by atomic mass is 9.96. The van der Waals surface area contributed by atoms with E-state index >= 15 is 0 Å². The Hall–Kier alpha value is -0.910. The highest BCUT2D eigenvalue weighted by Gasteiger charge is 2.24. The molecule has 21 heavy (non-hydrogen) atoms. The molecule has 4 nitrogen and oxygen atoms in total. The molecule has 2 rings (SSSR count). The first-order chi connectivity index (χ1) is 9.94. The molecular weight excluding hydrogens is 284 g/mol. The zero-order valence-electron chi connectivity index (χ0n) is 13.2. The normalized spacial score (nSPS) is 17.1. The number of hydrogen-bond acceptors (Lipinski definition) is 3. The Morgan fingerprint density at radius 1 is 1.14 bits per heavy atom. The fraction of sp³-hybridized carbons (Fsp3) is 0.625. The Balaban J connectivity index is 2.29. The number of nitrogens with one attached hydrogen (secondary N) is 2. The second-order valence-electron chi connectivity index (χ2n) is 6.02. The van der Waals surface area contributed by atoms with E-state index in [-0.39, 0.29) is 6.04 Å². The molecule has 1 aliphatic rings. The minimum atomic E-state index is -3.43. The molecule has 5 heteroatoms. The fourth-order valence-electron chi connectivity index (χ4n) is 2.99. The molecule has 1 fully saturated rings. The molecule has 0 amide bonds. The summed E-state index contributed by atoms with van der Waals surface area (Å²) in [5.41, 5.74) is 2.87. The van der Waals surface area contributed by atoms with Gasteiger partial charge in [0.15, 0.2) is 0 Å². The Morgan fingerprint density at radius 2 is 1.81 bits per heavy atom. The van der Waals surface area contributed by atoms with Crippen LogP contribution in [0.2, 0.25) is 0 Å². The van der Waals surface area contributed by atoms with Gasteiger partial charge in [-0.25, -0.2) is 13.1 Å². The van der Waals surface area contributed by atoms with E-state index in [4.69, 9.17) is 0 Å². The summed E-state index contributed by atoms with van der Waals surface area (Å²) in [6.07, 6.45) is 5.35. The third-order valence-electron chi connectivity index (χ3n) is 4.28. The predicted molar refractivity (Wildman–Crippen MR) is 85.9 cm³/mol. The molecule has 0 unspecified atom stereocenters. The van der Waals surface area contributed by atoms with Crippen LogP contribution < -0.4 is 10.0 Å². The van der Waals surface area contributed by atoms with Crippen LogP contribution in [-0.2, 0) is 16.6 Å². The Bertz CT molecular complexity index is 591. The van der Waals surface area contributed by atoms with Gasteiger partial charge >= 0.3 is 0 Å². The molecule has 1 saturated carbocycles. The van der Waals surface area contributed by atoms with Gasteiger partial charge in [-0.2, -0.15) is 0 Å². The van der Waals surface area contributed by atoms with Crippen LogP contribution in [0.3, 0.4) is 0 Å². The van der Waals surface area contributed by atoms with Crippen molar-refractivity contribution in [3.63, 3.8) is 0 Å². The molecule has 1 aliphatic carbocycles. The molecule has 0 saturated heterocycles. The average Bonchev–Trinajstić information content (AvgIpc) is 2.43. The second-order valence-corrected chi connectivity index (χ2v) is 7.70. The first-order valence-electron chi connectivity index (χ1n) is 7.71. The Labute approximate surface area is 128 Å². The molecule has 0 radical (unpaired) electrons. The molecule has 1 aromatic rings. The van der Waals surface area contributed by atoms with E-state index in [0.717, 1.165) is 42.4 Å². The highest BCUT2D eigenvalue weighted by molar-refractivity contribution is 7.89. The Kier molecular flexibility index (Phi) is 5.41. The van der Waals surface area contributed by atoms with Crippen molar-refractivity contribution >= 4 is 10.0 Å². The van der Waals surface area contributed by atoms with Crippen LogP contribution in [0.5, 0.6) is 0 Å². The molecular formula is C16H26N2O2S. The van der Waals surface area contributed by atoms with Crippen molar-refractivity contribution in [2.24, 2.45) is 0 Å². The zero-order chi connectivity index (χ0) is 15.5. The summed E-state index contributed by atoms with van der Waals surface area (Å²) >= 11 is 0. The maximum absolute atomic E-state index is 12.7. The van der Waals surface area contributed by atoms with Crippen LogP contribution in [-0.4, -0.2) is 21.5 Å². The molecule has 0 atom stereocenters. The molecule has 0 aromatic heterocycles. The lowest BCUT2D eigenvalue weighted by Gasteiger charge is -2.23. The van der Waals surface area contributed by atoms with Gasteiger partial charge in [0.2, 0.25) is 10.0 Å². The van der Waals surface area contributed by atoms with Crippen LogP contribution in [0, 0.1) is 13.8 Å². The third kappa shape index (κ3) is 4.05. The number of sulfonamides is 1. The smallest absolute Gasteiger partial charge is 0.241 e. The number of hydrogen-bond donors (Lipinski definition) is 2. The van der Waals surface area contributed by atoms with Gasteiger partial charge in [-0.15, -0.1) is 0 Å². The van der Waals surface area contributed by atoms with Crippen LogP contribution in [0.15, 0.2) is 17.0 Å². The minimum absolute atomic E-state index is 0.0939. The number of aryl methyl sites for hydroxylation is 1. The summed E-state index contributed by atoms with van der Waals surface area (Å²) < 4.78 is 28.3. The molecule has 118 valence electrons. The summed E-state index contributed by atoms with van der Waals surface area (Å²) in [7, 11) is -1.57. The van der Waals surface area contributed by atoms with Crippen molar-refractivity contribution in [3.8, 4) is 0 Å². The lowest BCUT2D eigenvalue weighted by Crippen LogP contribution is -2.36. The monoisotopic (exact) mass is 310 g/mol. The van der Waals surface area contributed by atoms with E-state index in [1.54, 1.807) is 6.07 Å². The van der Waals surface area contributed by atoms with Gasteiger partial charge in [-0.3, -0.25) is 0 Å². The van der Waals surface area contributed by atoms with E-state index in [1.165, 1.54) is 6.42 Å². The van der Waals surface area contributed by atoms with Crippen molar-refractivity contribution in [1.82, 2.24) is 10.0 Å². The van der Waals surface area contributed by atoms with Crippen molar-refractivity contribution in [2.75, 3.05) is 7.05 Å². The van der Waals surface area contributed by atoms with E-state index < -0.39 is 10.0 Å². The summed E-state index contributed by atoms with van der Waals surface area (Å²) in [4.78, 5) is 0.429. The molecule has 0 aliphatic heterocycles. The third-order valence-corrected chi connectivity index (χ3v) is 5.92. The van der Waals surface area contributed by atoms with E-state index in [0.29, 0.717) is 11.4 Å². The summed E-state index contributed by atoms with van der Waals surface area (Å²) in [5, 5.41) is 3.08. The molecule has 0 heterocycles. The van der Waals surface area contributed by atoms with Crippen molar-refractivity contribution in [3.05, 3.63) is 28.8 Å². The van der Waals surface area contributed by atoms with Crippen molar-refractivity contribution in [1.29, 1.82) is 0 Å². The van der Waals surface area contributed by atoms with Crippen molar-refractivity contribution < 1.29 is 8.42 Å². The second kappa shape index (κ2) is 6.90. The van der Waals surface area contributed by atoms with Crippen LogP contribution in [0.25, 0.3) is 0 Å². The van der Waals surface area contributed by atoms with Gasteiger partial charge in [0.25, 0.3) is 0 Å². The summed E-state index contributed by atoms with van der Waals surface area (Å²) in [5.74, 6) is 0. The first-order valence-corrected chi connectivity index (χ1v) is 9.19. The molecule has 2 N–H and O–H groups in total. The van der Waals surface area contributed by atoms with Gasteiger partial charge in [0, 0.05) is 12.6 Å². The standard InChI is InChI=1S/C16H26N2O2S/c1-12-9-14(11-17-3)10-16(13(12)2)21(19,20)18-15-7-5-4-6-8-15/h9-10,15,17-18H,4-8,11H2,1-3H3. The quantitative estimate of drug-likeness (QED) is 0.879. The predicted octanol–water partition coefficient (Wildman–Crippen LogP) is 2.63. The Morgan fingerprint density at radius 3 is 2.43 bits per heavy atom. The first kappa shape index (κ1) is 16.5. The van der Waals surface area contributed by atoms with Gasteiger partial charge in [0.1, 0.15) is 0 Å². The maximum atomic E-state index is 12.7. The SMILES string of the molecule is CNCc1cc(C)c(C)c(S(=O)(=O)NC2CCCCC2)c1. The van der Waals surface area contributed by atoms with Gasteiger partial charge in [-0.1, -0.05) is 25.3 Å². The highest BCUT2D eigenvalue weighted by Crippen LogP contribution is 2.24. The zero-order valence-corrected chi connectivity index (χ0v) is 14.0. The average molecular weight is 310 g/mol. The van der Waals surface area contributed by atoms with Crippen LogP contribution in [0.1, 0.15) is 48.8 Å². The van der Waals surface area contributed by atoms with E-state index in [2.05, 4.69) is 10.0 Å². The molecule has 0 spiro atoms. The maximum Gasteiger partial charge on any atom is 0.241 e. The summed E-state index contributed by atoms with van der Waals surface area (Å²) in [6, 6.07) is 3.94. The summed E-state index contributed by atoms with van der Waals surface area (Å²) in [6.45, 7) is 4.52. The van der Waals surface area contributed by atoms with Gasteiger partial charge in [-0.05, 0) is 56.5 Å². The number of rotatable bonds is 5.